The van der Waals surface area contributed by atoms with Crippen LogP contribution in [-0.4, -0.2) is 154 Å². The average molecular weight is 1060 g/mol. The van der Waals surface area contributed by atoms with Crippen LogP contribution in [0.5, 0.6) is 0 Å². The summed E-state index contributed by atoms with van der Waals surface area (Å²) in [6, 6.07) is -10.7. The third-order valence-corrected chi connectivity index (χ3v) is 11.6. The zero-order valence-corrected chi connectivity index (χ0v) is 44.1. The normalized spacial score (nSPS) is 14.8. The van der Waals surface area contributed by atoms with Crippen molar-refractivity contribution in [1.29, 1.82) is 0 Å². The first-order valence-corrected chi connectivity index (χ1v) is 25.1. The second kappa shape index (κ2) is 35.5. The molecule has 0 radical (unpaired) electrons. The second-order valence-electron chi connectivity index (χ2n) is 19.5. The molecule has 27 heteroatoms. The number of nitrogens with one attached hydrogen (secondary N) is 8. The van der Waals surface area contributed by atoms with Crippen molar-refractivity contribution in [3.05, 3.63) is 0 Å². The summed E-state index contributed by atoms with van der Waals surface area (Å²) in [5, 5.41) is 48.6. The van der Waals surface area contributed by atoms with E-state index in [0.29, 0.717) is 19.3 Å². The highest BCUT2D eigenvalue weighted by atomic mass is 16.4. The number of unbranched alkanes of at least 4 members (excludes halogenated alkanes) is 1. The van der Waals surface area contributed by atoms with E-state index in [9.17, 15) is 68.1 Å². The summed E-state index contributed by atoms with van der Waals surface area (Å²) < 4.78 is 0. The van der Waals surface area contributed by atoms with Gasteiger partial charge in [-0.25, -0.2) is 4.79 Å². The molecule has 0 fully saturated rings. The molecule has 0 saturated heterocycles. The highest BCUT2D eigenvalue weighted by Crippen LogP contribution is 2.13. The lowest BCUT2D eigenvalue weighted by Gasteiger charge is -2.28. The van der Waals surface area contributed by atoms with E-state index >= 15 is 0 Å². The SMILES string of the molecule is CC[C@H](C)[C@H](N)C(=O)N[C@@H](CC(C)C)C(=O)NCC(=O)N[C@@H](CCC(=O)O)C(=O)N[C@@H](CC(C)C)C(=O)N[C@@H](CCCN=C(N)N)C(=O)N[C@@H](CCC(=O)O)C(=O)N[C@@H](CCCCN)C(=O)N[C@H](C(=O)O)C(C)C. The Hall–Kier alpha value is -6.64. The predicted molar refractivity (Wildman–Crippen MR) is 272 cm³/mol. The van der Waals surface area contributed by atoms with Crippen molar-refractivity contribution in [2.45, 2.75) is 181 Å². The molecule has 9 atom stereocenters. The monoisotopic (exact) mass is 1060 g/mol. The third-order valence-electron chi connectivity index (χ3n) is 11.6. The number of carboxylic acids is 3. The number of rotatable bonds is 38. The molecule has 0 aromatic carbocycles. The van der Waals surface area contributed by atoms with Gasteiger partial charge in [-0.3, -0.25) is 52.9 Å². The van der Waals surface area contributed by atoms with Crippen molar-refractivity contribution in [1.82, 2.24) is 42.5 Å². The molecule has 0 aromatic rings. The number of guanidine groups is 1. The topological polar surface area (TPSA) is 461 Å². The summed E-state index contributed by atoms with van der Waals surface area (Å²) in [5.41, 5.74) is 22.6. The summed E-state index contributed by atoms with van der Waals surface area (Å²) in [6.07, 6.45) is -0.844. The Labute approximate surface area is 432 Å². The van der Waals surface area contributed by atoms with Crippen LogP contribution in [0.4, 0.5) is 0 Å². The minimum absolute atomic E-state index is 0.00290. The van der Waals surface area contributed by atoms with Crippen LogP contribution in [-0.2, 0) is 52.7 Å². The van der Waals surface area contributed by atoms with Gasteiger partial charge in [0.2, 0.25) is 47.3 Å². The quantitative estimate of drug-likeness (QED) is 0.0174. The van der Waals surface area contributed by atoms with Gasteiger partial charge >= 0.3 is 17.9 Å². The standard InChI is InChI=1S/C47H85N13O14/c1-9-27(8)37(49)45(72)59-32(21-24(2)3)39(66)53-23-34(61)54-30(15-17-35(62)63)41(68)58-33(22-25(4)5)44(71)56-29(14-12-20-52-47(50)51)40(67)57-31(16-18-36(64)65)42(69)55-28(13-10-11-19-48)43(70)60-38(26(6)7)46(73)74/h24-33,37-38H,9-23,48-49H2,1-8H3,(H,53,66)(H,54,61)(H,55,69)(H,56,71)(H,57,67)(H,58,68)(H,59,72)(H,60,70)(H,62,63)(H,64,65)(H,73,74)(H4,50,51,52)/t27-,28-,29-,30-,31-,32-,33-,37-,38-/m0/s1. The number of nitrogens with zero attached hydrogens (tertiary/aromatic N) is 1. The summed E-state index contributed by atoms with van der Waals surface area (Å²) >= 11 is 0. The Morgan fingerprint density at radius 2 is 0.919 bits per heavy atom. The highest BCUT2D eigenvalue weighted by Gasteiger charge is 2.35. The number of nitrogens with two attached hydrogens (primary N) is 4. The van der Waals surface area contributed by atoms with E-state index in [-0.39, 0.29) is 68.9 Å². The number of amides is 8. The Kier molecular flexibility index (Phi) is 32.3. The zero-order chi connectivity index (χ0) is 56.8. The maximum Gasteiger partial charge on any atom is 0.326 e. The lowest BCUT2D eigenvalue weighted by molar-refractivity contribution is -0.143. The molecule has 0 aliphatic carbocycles. The zero-order valence-electron chi connectivity index (χ0n) is 44.1. The van der Waals surface area contributed by atoms with Gasteiger partial charge in [-0.2, -0.15) is 0 Å². The highest BCUT2D eigenvalue weighted by molar-refractivity contribution is 5.98. The molecule has 0 aromatic heterocycles. The maximum absolute atomic E-state index is 14.1. The first-order valence-electron chi connectivity index (χ1n) is 25.1. The number of carboxylic acid groups (broad SMARTS) is 3. The van der Waals surface area contributed by atoms with E-state index in [1.54, 1.807) is 34.6 Å². The van der Waals surface area contributed by atoms with E-state index < -0.39 is 152 Å². The van der Waals surface area contributed by atoms with Gasteiger partial charge in [-0.05, 0) is 88.0 Å². The predicted octanol–water partition coefficient (Wildman–Crippen LogP) is -2.39. The lowest BCUT2D eigenvalue weighted by atomic mass is 9.97. The Bertz CT molecular complexity index is 1910. The number of hydrogen-bond donors (Lipinski definition) is 15. The van der Waals surface area contributed by atoms with Crippen molar-refractivity contribution in [3.8, 4) is 0 Å². The molecule has 0 rings (SSSR count). The van der Waals surface area contributed by atoms with E-state index in [2.05, 4.69) is 47.5 Å². The number of hydrogen-bond acceptors (Lipinski definition) is 14. The Morgan fingerprint density at radius 3 is 1.34 bits per heavy atom. The molecule has 8 amide bonds. The molecule has 27 nitrogen and oxygen atoms in total. The largest absolute Gasteiger partial charge is 0.481 e. The third kappa shape index (κ3) is 28.0. The van der Waals surface area contributed by atoms with Gasteiger partial charge in [0, 0.05) is 19.4 Å². The van der Waals surface area contributed by atoms with Gasteiger partial charge in [-0.1, -0.05) is 61.8 Å². The number of carbonyl (C=O) groups excluding carboxylic acids is 8. The minimum Gasteiger partial charge on any atom is -0.481 e. The number of carbonyl (C=O) groups is 11. The second-order valence-corrected chi connectivity index (χ2v) is 19.5. The van der Waals surface area contributed by atoms with Gasteiger partial charge in [-0.15, -0.1) is 0 Å². The lowest BCUT2D eigenvalue weighted by Crippen LogP contribution is -2.60. The van der Waals surface area contributed by atoms with Crippen LogP contribution < -0.4 is 65.5 Å². The molecular weight excluding hydrogens is 971 g/mol. The van der Waals surface area contributed by atoms with Crippen LogP contribution in [0.2, 0.25) is 0 Å². The van der Waals surface area contributed by atoms with Gasteiger partial charge in [0.25, 0.3) is 0 Å². The van der Waals surface area contributed by atoms with Crippen molar-refractivity contribution in [2.24, 2.45) is 51.6 Å². The Balaban J connectivity index is 6.71. The average Bonchev–Trinajstić information content (AvgIpc) is 3.30. The fraction of sp³-hybridized carbons (Fsp3) is 0.745. The molecule has 0 aliphatic heterocycles. The minimum atomic E-state index is -1.62. The van der Waals surface area contributed by atoms with Crippen LogP contribution >= 0.6 is 0 Å². The van der Waals surface area contributed by atoms with Crippen molar-refractivity contribution >= 4 is 71.1 Å². The smallest absolute Gasteiger partial charge is 0.326 e. The summed E-state index contributed by atoms with van der Waals surface area (Å²) in [6.45, 7) is 13.4. The summed E-state index contributed by atoms with van der Waals surface area (Å²) in [4.78, 5) is 148. The van der Waals surface area contributed by atoms with Crippen LogP contribution in [0, 0.1) is 23.7 Å². The van der Waals surface area contributed by atoms with Crippen LogP contribution in [0.15, 0.2) is 4.99 Å². The molecule has 0 unspecified atom stereocenters. The maximum atomic E-state index is 14.1. The molecule has 0 saturated carbocycles. The molecular formula is C47H85N13O14. The fourth-order valence-corrected chi connectivity index (χ4v) is 7.19. The molecule has 19 N–H and O–H groups in total. The van der Waals surface area contributed by atoms with E-state index in [0.717, 1.165) is 0 Å². The summed E-state index contributed by atoms with van der Waals surface area (Å²) in [7, 11) is 0. The molecule has 74 heavy (non-hydrogen) atoms. The van der Waals surface area contributed by atoms with E-state index in [1.807, 2.05) is 20.8 Å². The van der Waals surface area contributed by atoms with Gasteiger partial charge in [0.15, 0.2) is 5.96 Å². The van der Waals surface area contributed by atoms with Gasteiger partial charge < -0.3 is 80.8 Å². The van der Waals surface area contributed by atoms with Crippen LogP contribution in [0.3, 0.4) is 0 Å². The molecule has 0 aliphatic rings. The van der Waals surface area contributed by atoms with E-state index in [4.69, 9.17) is 22.9 Å². The molecule has 0 bridgehead atoms. The van der Waals surface area contributed by atoms with E-state index in [1.165, 1.54) is 0 Å². The van der Waals surface area contributed by atoms with Crippen LogP contribution in [0.1, 0.15) is 132 Å². The first-order chi connectivity index (χ1) is 34.5. The molecule has 0 heterocycles. The number of aliphatic carboxylic acids is 3. The first kappa shape index (κ1) is 67.4. The fourth-order valence-electron chi connectivity index (χ4n) is 7.19. The Morgan fingerprint density at radius 1 is 0.514 bits per heavy atom. The summed E-state index contributed by atoms with van der Waals surface area (Å²) in [5.74, 6) is -12.3. The van der Waals surface area contributed by atoms with Gasteiger partial charge in [0.05, 0.1) is 12.6 Å². The number of aliphatic imine (C=N–C) groups is 1. The molecule has 0 spiro atoms. The van der Waals surface area contributed by atoms with Crippen molar-refractivity contribution in [3.63, 3.8) is 0 Å². The van der Waals surface area contributed by atoms with Crippen LogP contribution in [0.25, 0.3) is 0 Å². The van der Waals surface area contributed by atoms with Crippen molar-refractivity contribution in [2.75, 3.05) is 19.6 Å². The molecule has 422 valence electrons. The van der Waals surface area contributed by atoms with Gasteiger partial charge in [0.1, 0.15) is 42.3 Å². The van der Waals surface area contributed by atoms with Crippen molar-refractivity contribution < 1.29 is 68.1 Å².